The number of hydrogen-bond acceptors (Lipinski definition) is 4. The Bertz CT molecular complexity index is 813. The van der Waals surface area contributed by atoms with E-state index < -0.39 is 0 Å². The molecule has 0 aliphatic carbocycles. The number of nitrogens with one attached hydrogen (secondary N) is 3. The SMILES string of the molecule is O=CNc1ccc(NC(=O)c2cccc(-c3cn[nH]c3)n2)cc1. The third-order valence-electron chi connectivity index (χ3n) is 3.14. The van der Waals surface area contributed by atoms with Gasteiger partial charge in [-0.15, -0.1) is 0 Å². The van der Waals surface area contributed by atoms with Gasteiger partial charge >= 0.3 is 0 Å². The first-order valence-electron chi connectivity index (χ1n) is 6.84. The molecule has 0 aliphatic heterocycles. The van der Waals surface area contributed by atoms with Gasteiger partial charge in [0.2, 0.25) is 6.41 Å². The Morgan fingerprint density at radius 3 is 2.57 bits per heavy atom. The van der Waals surface area contributed by atoms with E-state index in [2.05, 4.69) is 25.8 Å². The van der Waals surface area contributed by atoms with Crippen molar-refractivity contribution in [2.75, 3.05) is 10.6 Å². The Balaban J connectivity index is 1.75. The van der Waals surface area contributed by atoms with Crippen LogP contribution in [0.3, 0.4) is 0 Å². The first-order valence-corrected chi connectivity index (χ1v) is 6.84. The third kappa shape index (κ3) is 3.41. The van der Waals surface area contributed by atoms with Gasteiger partial charge in [-0.05, 0) is 36.4 Å². The maximum Gasteiger partial charge on any atom is 0.274 e. The van der Waals surface area contributed by atoms with Gasteiger partial charge < -0.3 is 10.6 Å². The minimum atomic E-state index is -0.313. The average molecular weight is 307 g/mol. The minimum Gasteiger partial charge on any atom is -0.329 e. The molecule has 1 aromatic carbocycles. The van der Waals surface area contributed by atoms with Gasteiger partial charge in [0, 0.05) is 23.1 Å². The van der Waals surface area contributed by atoms with Crippen LogP contribution in [0.2, 0.25) is 0 Å². The van der Waals surface area contributed by atoms with E-state index in [1.807, 2.05) is 6.07 Å². The Labute approximate surface area is 131 Å². The quantitative estimate of drug-likeness (QED) is 0.630. The monoisotopic (exact) mass is 307 g/mol. The first-order chi connectivity index (χ1) is 11.3. The molecule has 0 aliphatic rings. The minimum absolute atomic E-state index is 0.304. The van der Waals surface area contributed by atoms with E-state index in [0.717, 1.165) is 5.56 Å². The van der Waals surface area contributed by atoms with Crippen molar-refractivity contribution in [2.24, 2.45) is 0 Å². The predicted octanol–water partition coefficient (Wildman–Crippen LogP) is 2.29. The lowest BCUT2D eigenvalue weighted by Crippen LogP contribution is -2.13. The van der Waals surface area contributed by atoms with Crippen molar-refractivity contribution in [1.82, 2.24) is 15.2 Å². The molecule has 3 N–H and O–H groups in total. The summed E-state index contributed by atoms with van der Waals surface area (Å²) >= 11 is 0. The van der Waals surface area contributed by atoms with Gasteiger partial charge in [0.05, 0.1) is 11.9 Å². The van der Waals surface area contributed by atoms with E-state index in [0.29, 0.717) is 29.2 Å². The summed E-state index contributed by atoms with van der Waals surface area (Å²) in [5.41, 5.74) is 3.04. The second-order valence-corrected chi connectivity index (χ2v) is 4.69. The van der Waals surface area contributed by atoms with Crippen LogP contribution in [0.4, 0.5) is 11.4 Å². The average Bonchev–Trinajstić information content (AvgIpc) is 3.12. The number of benzene rings is 1. The van der Waals surface area contributed by atoms with Crippen molar-refractivity contribution in [3.8, 4) is 11.3 Å². The number of H-pyrrole nitrogens is 1. The Hall–Kier alpha value is -3.48. The molecule has 0 atom stereocenters. The predicted molar refractivity (Wildman–Crippen MR) is 85.9 cm³/mol. The first kappa shape index (κ1) is 14.5. The van der Waals surface area contributed by atoms with Gasteiger partial charge in [0.15, 0.2) is 0 Å². The molecule has 3 rings (SSSR count). The summed E-state index contributed by atoms with van der Waals surface area (Å²) in [4.78, 5) is 27.0. The molecule has 0 saturated heterocycles. The maximum absolute atomic E-state index is 12.3. The highest BCUT2D eigenvalue weighted by atomic mass is 16.2. The molecule has 0 bridgehead atoms. The molecule has 2 amide bonds. The number of pyridine rings is 1. The molecular formula is C16H13N5O2. The molecule has 3 aromatic rings. The summed E-state index contributed by atoms with van der Waals surface area (Å²) < 4.78 is 0. The molecule has 2 heterocycles. The van der Waals surface area contributed by atoms with E-state index in [9.17, 15) is 9.59 Å². The van der Waals surface area contributed by atoms with E-state index in [1.54, 1.807) is 48.8 Å². The van der Waals surface area contributed by atoms with Crippen molar-refractivity contribution in [1.29, 1.82) is 0 Å². The van der Waals surface area contributed by atoms with Crippen LogP contribution in [0.1, 0.15) is 10.5 Å². The molecule has 0 radical (unpaired) electrons. The number of nitrogens with zero attached hydrogens (tertiary/aromatic N) is 2. The number of aromatic nitrogens is 3. The highest BCUT2D eigenvalue weighted by Gasteiger charge is 2.10. The number of amides is 2. The second-order valence-electron chi connectivity index (χ2n) is 4.69. The number of carbonyl (C=O) groups excluding carboxylic acids is 2. The van der Waals surface area contributed by atoms with Crippen molar-refractivity contribution < 1.29 is 9.59 Å². The van der Waals surface area contributed by atoms with Gasteiger partial charge in [-0.3, -0.25) is 14.7 Å². The van der Waals surface area contributed by atoms with E-state index in [4.69, 9.17) is 0 Å². The zero-order chi connectivity index (χ0) is 16.1. The van der Waals surface area contributed by atoms with Crippen LogP contribution in [0, 0.1) is 0 Å². The second kappa shape index (κ2) is 6.52. The molecule has 7 nitrogen and oxygen atoms in total. The van der Waals surface area contributed by atoms with E-state index in [-0.39, 0.29) is 5.91 Å². The zero-order valence-electron chi connectivity index (χ0n) is 12.0. The van der Waals surface area contributed by atoms with Crippen LogP contribution >= 0.6 is 0 Å². The number of carbonyl (C=O) groups is 2. The Kier molecular flexibility index (Phi) is 4.10. The van der Waals surface area contributed by atoms with Gasteiger partial charge in [0.1, 0.15) is 5.69 Å². The summed E-state index contributed by atoms with van der Waals surface area (Å²) in [6, 6.07) is 12.0. The molecular weight excluding hydrogens is 294 g/mol. The topological polar surface area (TPSA) is 99.8 Å². The molecule has 0 saturated carbocycles. The van der Waals surface area contributed by atoms with E-state index >= 15 is 0 Å². The Morgan fingerprint density at radius 1 is 1.09 bits per heavy atom. The van der Waals surface area contributed by atoms with Crippen molar-refractivity contribution in [3.63, 3.8) is 0 Å². The zero-order valence-corrected chi connectivity index (χ0v) is 12.0. The molecule has 114 valence electrons. The Morgan fingerprint density at radius 2 is 1.87 bits per heavy atom. The summed E-state index contributed by atoms with van der Waals surface area (Å²) in [7, 11) is 0. The van der Waals surface area contributed by atoms with Crippen molar-refractivity contribution in [3.05, 3.63) is 60.6 Å². The lowest BCUT2D eigenvalue weighted by atomic mass is 10.2. The summed E-state index contributed by atoms with van der Waals surface area (Å²) in [6.45, 7) is 0. The number of hydrogen-bond donors (Lipinski definition) is 3. The van der Waals surface area contributed by atoms with Crippen LogP contribution in [0.15, 0.2) is 54.9 Å². The largest absolute Gasteiger partial charge is 0.329 e. The molecule has 0 spiro atoms. The third-order valence-corrected chi connectivity index (χ3v) is 3.14. The standard InChI is InChI=1S/C16H13N5O2/c22-10-17-12-4-6-13(7-5-12)20-16(23)15-3-1-2-14(21-15)11-8-18-19-9-11/h1-10H,(H,17,22)(H,18,19)(H,20,23). The fraction of sp³-hybridized carbons (Fsp3) is 0. The van der Waals surface area contributed by atoms with Crippen LogP contribution in [0.5, 0.6) is 0 Å². The maximum atomic E-state index is 12.3. The van der Waals surface area contributed by atoms with Crippen LogP contribution in [-0.4, -0.2) is 27.5 Å². The van der Waals surface area contributed by atoms with Crippen LogP contribution in [-0.2, 0) is 4.79 Å². The summed E-state index contributed by atoms with van der Waals surface area (Å²) in [6.07, 6.45) is 3.95. The fourth-order valence-electron chi connectivity index (χ4n) is 2.03. The molecule has 0 fully saturated rings. The number of aromatic amines is 1. The van der Waals surface area contributed by atoms with Crippen molar-refractivity contribution in [2.45, 2.75) is 0 Å². The lowest BCUT2D eigenvalue weighted by Gasteiger charge is -2.06. The van der Waals surface area contributed by atoms with Gasteiger partial charge in [0.25, 0.3) is 5.91 Å². The number of rotatable bonds is 5. The van der Waals surface area contributed by atoms with E-state index in [1.165, 1.54) is 0 Å². The molecule has 2 aromatic heterocycles. The highest BCUT2D eigenvalue weighted by molar-refractivity contribution is 6.03. The highest BCUT2D eigenvalue weighted by Crippen LogP contribution is 2.17. The molecule has 23 heavy (non-hydrogen) atoms. The van der Waals surface area contributed by atoms with Crippen LogP contribution < -0.4 is 10.6 Å². The van der Waals surface area contributed by atoms with Gasteiger partial charge in [-0.2, -0.15) is 5.10 Å². The molecule has 0 unspecified atom stereocenters. The van der Waals surface area contributed by atoms with Crippen LogP contribution in [0.25, 0.3) is 11.3 Å². The summed E-state index contributed by atoms with van der Waals surface area (Å²) in [5.74, 6) is -0.313. The normalized spacial score (nSPS) is 10.1. The van der Waals surface area contributed by atoms with Gasteiger partial charge in [-0.1, -0.05) is 6.07 Å². The lowest BCUT2D eigenvalue weighted by molar-refractivity contribution is -0.105. The van der Waals surface area contributed by atoms with Gasteiger partial charge in [-0.25, -0.2) is 4.98 Å². The smallest absolute Gasteiger partial charge is 0.274 e. The fourth-order valence-corrected chi connectivity index (χ4v) is 2.03. The number of anilines is 2. The summed E-state index contributed by atoms with van der Waals surface area (Å²) in [5, 5.41) is 11.9. The molecule has 7 heteroatoms. The van der Waals surface area contributed by atoms with Crippen molar-refractivity contribution >= 4 is 23.7 Å².